The normalized spacial score (nSPS) is 23.1. The molecule has 4 heterocycles. The van der Waals surface area contributed by atoms with Crippen LogP contribution >= 0.6 is 0 Å². The lowest BCUT2D eigenvalue weighted by Gasteiger charge is -2.36. The SMILES string of the molecule is COC(=O)C1=C(N)Oc2cc(C)n(CC3CCCO3)c(=O)c2C12C(=O)N(C(C)C)c1ccccc12. The van der Waals surface area contributed by atoms with Crippen LogP contribution in [0.25, 0.3) is 0 Å². The minimum atomic E-state index is -1.80. The van der Waals surface area contributed by atoms with E-state index in [0.717, 1.165) is 12.8 Å². The topological polar surface area (TPSA) is 113 Å². The molecule has 1 aromatic heterocycles. The Kier molecular flexibility index (Phi) is 5.47. The molecule has 3 aliphatic rings. The number of amides is 1. The van der Waals surface area contributed by atoms with Gasteiger partial charge in [0.05, 0.1) is 25.3 Å². The number of aromatic nitrogens is 1. The van der Waals surface area contributed by atoms with E-state index in [4.69, 9.17) is 19.9 Å². The van der Waals surface area contributed by atoms with Gasteiger partial charge < -0.3 is 29.4 Å². The highest BCUT2D eigenvalue weighted by Crippen LogP contribution is 2.55. The van der Waals surface area contributed by atoms with Gasteiger partial charge in [0.2, 0.25) is 11.8 Å². The minimum absolute atomic E-state index is 0.0660. The molecule has 1 saturated heterocycles. The lowest BCUT2D eigenvalue weighted by molar-refractivity contribution is -0.138. The number of aryl methyl sites for hydroxylation is 1. The number of carbonyl (C=O) groups is 2. The van der Waals surface area contributed by atoms with Gasteiger partial charge >= 0.3 is 5.97 Å². The minimum Gasteiger partial charge on any atom is -0.465 e. The smallest absolute Gasteiger partial charge is 0.340 e. The zero-order valence-electron chi connectivity index (χ0n) is 20.3. The molecule has 2 atom stereocenters. The van der Waals surface area contributed by atoms with Gasteiger partial charge in [-0.1, -0.05) is 18.2 Å². The van der Waals surface area contributed by atoms with Crippen LogP contribution in [0.5, 0.6) is 5.75 Å². The Morgan fingerprint density at radius 2 is 2.03 bits per heavy atom. The van der Waals surface area contributed by atoms with E-state index in [2.05, 4.69) is 0 Å². The molecule has 1 aromatic carbocycles. The number of nitrogens with zero attached hydrogens (tertiary/aromatic N) is 2. The summed E-state index contributed by atoms with van der Waals surface area (Å²) in [5.74, 6) is -1.36. The van der Waals surface area contributed by atoms with Crippen LogP contribution in [0, 0.1) is 6.92 Å². The number of methoxy groups -OCH3 is 1. The summed E-state index contributed by atoms with van der Waals surface area (Å²) in [6.07, 6.45) is 1.66. The van der Waals surface area contributed by atoms with Crippen molar-refractivity contribution in [2.24, 2.45) is 5.73 Å². The Morgan fingerprint density at radius 1 is 1.29 bits per heavy atom. The molecule has 9 nitrogen and oxygen atoms in total. The third-order valence-electron chi connectivity index (χ3n) is 7.11. The molecule has 0 saturated carbocycles. The molecule has 5 rings (SSSR count). The van der Waals surface area contributed by atoms with Crippen LogP contribution < -0.4 is 20.9 Å². The summed E-state index contributed by atoms with van der Waals surface area (Å²) in [4.78, 5) is 43.4. The molecule has 3 aliphatic heterocycles. The number of fused-ring (bicyclic) bond motifs is 4. The zero-order valence-corrected chi connectivity index (χ0v) is 20.3. The lowest BCUT2D eigenvalue weighted by Crippen LogP contribution is -2.53. The van der Waals surface area contributed by atoms with Gasteiger partial charge in [0.1, 0.15) is 16.7 Å². The molecule has 0 aliphatic carbocycles. The van der Waals surface area contributed by atoms with Crippen LogP contribution in [-0.4, -0.2) is 42.3 Å². The van der Waals surface area contributed by atoms with Gasteiger partial charge in [0.25, 0.3) is 5.56 Å². The number of hydrogen-bond acceptors (Lipinski definition) is 7. The number of benzene rings is 1. The van der Waals surface area contributed by atoms with Crippen molar-refractivity contribution >= 4 is 17.6 Å². The quantitative estimate of drug-likeness (QED) is 0.668. The van der Waals surface area contributed by atoms with Crippen molar-refractivity contribution in [2.75, 3.05) is 18.6 Å². The lowest BCUT2D eigenvalue weighted by atomic mass is 9.68. The van der Waals surface area contributed by atoms with E-state index in [-0.39, 0.29) is 34.9 Å². The first-order chi connectivity index (χ1) is 16.7. The van der Waals surface area contributed by atoms with Crippen molar-refractivity contribution in [2.45, 2.75) is 57.7 Å². The Hall–Kier alpha value is -3.59. The maximum atomic E-state index is 14.4. The van der Waals surface area contributed by atoms with Crippen LogP contribution in [0.15, 0.2) is 46.6 Å². The van der Waals surface area contributed by atoms with Crippen LogP contribution in [0.4, 0.5) is 5.69 Å². The van der Waals surface area contributed by atoms with E-state index < -0.39 is 22.9 Å². The summed E-state index contributed by atoms with van der Waals surface area (Å²) in [6.45, 7) is 6.54. The largest absolute Gasteiger partial charge is 0.465 e. The highest BCUT2D eigenvalue weighted by Gasteiger charge is 2.62. The summed E-state index contributed by atoms with van der Waals surface area (Å²) in [5.41, 5.74) is 5.72. The molecule has 1 fully saturated rings. The molecular formula is C26H29N3O6. The number of carbonyl (C=O) groups excluding carboxylic acids is 2. The Morgan fingerprint density at radius 3 is 2.69 bits per heavy atom. The standard InChI is InChI=1S/C26H29N3O6/c1-14(2)29-18-10-6-5-9-17(18)26(25(29)32)20-19(35-22(27)21(26)24(31)33-4)12-15(3)28(23(20)30)13-16-8-7-11-34-16/h5-6,9-10,12,14,16H,7-8,11,13,27H2,1-4H3. The van der Waals surface area contributed by atoms with Crippen molar-refractivity contribution in [1.82, 2.24) is 4.57 Å². The van der Waals surface area contributed by atoms with Crippen molar-refractivity contribution in [1.29, 1.82) is 0 Å². The highest BCUT2D eigenvalue weighted by molar-refractivity contribution is 6.18. The van der Waals surface area contributed by atoms with Gasteiger partial charge in [-0.3, -0.25) is 9.59 Å². The molecular weight excluding hydrogens is 450 g/mol. The summed E-state index contributed by atoms with van der Waals surface area (Å²) in [7, 11) is 1.21. The van der Waals surface area contributed by atoms with Crippen LogP contribution in [-0.2, 0) is 31.0 Å². The molecule has 2 N–H and O–H groups in total. The Balaban J connectivity index is 1.87. The molecule has 35 heavy (non-hydrogen) atoms. The van der Waals surface area contributed by atoms with Crippen LogP contribution in [0.3, 0.4) is 0 Å². The first-order valence-corrected chi connectivity index (χ1v) is 11.8. The van der Waals surface area contributed by atoms with Gasteiger partial charge in [-0.15, -0.1) is 0 Å². The van der Waals surface area contributed by atoms with Crippen LogP contribution in [0.1, 0.15) is 43.5 Å². The molecule has 0 bridgehead atoms. The van der Waals surface area contributed by atoms with Gasteiger partial charge in [0, 0.05) is 35.7 Å². The number of anilines is 1. The third-order valence-corrected chi connectivity index (χ3v) is 7.11. The first-order valence-electron chi connectivity index (χ1n) is 11.8. The zero-order chi connectivity index (χ0) is 25.1. The fraction of sp³-hybridized carbons (Fsp3) is 0.423. The Labute approximate surface area is 203 Å². The average Bonchev–Trinajstić information content (AvgIpc) is 3.41. The van der Waals surface area contributed by atoms with Crippen molar-refractivity contribution in [3.05, 3.63) is 69.0 Å². The second kappa shape index (κ2) is 8.27. The van der Waals surface area contributed by atoms with E-state index >= 15 is 0 Å². The molecule has 0 radical (unpaired) electrons. The van der Waals surface area contributed by atoms with E-state index in [1.807, 2.05) is 19.9 Å². The fourth-order valence-corrected chi connectivity index (χ4v) is 5.62. The van der Waals surface area contributed by atoms with Gasteiger partial charge in [-0.25, -0.2) is 4.79 Å². The van der Waals surface area contributed by atoms with Gasteiger partial charge in [-0.05, 0) is 39.7 Å². The number of hydrogen-bond donors (Lipinski definition) is 1. The predicted molar refractivity (Wildman–Crippen MR) is 128 cm³/mol. The monoisotopic (exact) mass is 479 g/mol. The number of nitrogens with two attached hydrogens (primary N) is 1. The highest BCUT2D eigenvalue weighted by atomic mass is 16.5. The molecule has 9 heteroatoms. The summed E-state index contributed by atoms with van der Waals surface area (Å²) >= 11 is 0. The maximum Gasteiger partial charge on any atom is 0.340 e. The van der Waals surface area contributed by atoms with E-state index in [1.54, 1.807) is 40.7 Å². The van der Waals surface area contributed by atoms with E-state index in [1.165, 1.54) is 7.11 Å². The van der Waals surface area contributed by atoms with Crippen LogP contribution in [0.2, 0.25) is 0 Å². The summed E-state index contributed by atoms with van der Waals surface area (Å²) in [5, 5.41) is 0. The number of ether oxygens (including phenoxy) is 3. The Bertz CT molecular complexity index is 1320. The predicted octanol–water partition coefficient (Wildman–Crippen LogP) is 2.11. The number of esters is 1. The van der Waals surface area contributed by atoms with Gasteiger partial charge in [0.15, 0.2) is 0 Å². The van der Waals surface area contributed by atoms with Crippen molar-refractivity contribution in [3.63, 3.8) is 0 Å². The van der Waals surface area contributed by atoms with Crippen molar-refractivity contribution < 1.29 is 23.8 Å². The maximum absolute atomic E-state index is 14.4. The molecule has 2 unspecified atom stereocenters. The number of para-hydroxylation sites is 1. The fourth-order valence-electron chi connectivity index (χ4n) is 5.62. The average molecular weight is 480 g/mol. The second-order valence-electron chi connectivity index (χ2n) is 9.44. The van der Waals surface area contributed by atoms with Gasteiger partial charge in [-0.2, -0.15) is 0 Å². The molecule has 1 spiro atoms. The first kappa shape index (κ1) is 23.2. The third kappa shape index (κ3) is 3.14. The molecule has 184 valence electrons. The number of pyridine rings is 1. The summed E-state index contributed by atoms with van der Waals surface area (Å²) in [6, 6.07) is 8.61. The molecule has 2 aromatic rings. The second-order valence-corrected chi connectivity index (χ2v) is 9.44. The van der Waals surface area contributed by atoms with E-state index in [9.17, 15) is 14.4 Å². The number of rotatable bonds is 4. The molecule has 1 amide bonds. The van der Waals surface area contributed by atoms with Crippen molar-refractivity contribution in [3.8, 4) is 5.75 Å². The van der Waals surface area contributed by atoms with E-state index in [0.29, 0.717) is 30.1 Å². The summed E-state index contributed by atoms with van der Waals surface area (Å²) < 4.78 is 18.3.